The molecule has 0 saturated heterocycles. The van der Waals surface area contributed by atoms with Gasteiger partial charge in [-0.1, -0.05) is 67.6 Å². The minimum absolute atomic E-state index is 0.120. The number of nitrogens with one attached hydrogen (secondary N) is 1. The Balaban J connectivity index is 1.84. The molecule has 7 nitrogen and oxygen atoms in total. The van der Waals surface area contributed by atoms with Gasteiger partial charge in [-0.25, -0.2) is 8.42 Å². The molecule has 0 spiro atoms. The van der Waals surface area contributed by atoms with E-state index in [1.807, 2.05) is 82.3 Å². The van der Waals surface area contributed by atoms with E-state index in [0.29, 0.717) is 19.4 Å². The maximum Gasteiger partial charge on any atom is 0.243 e. The minimum atomic E-state index is -3.92. The maximum atomic E-state index is 13.6. The number of rotatable bonds is 10. The monoisotopic (exact) mass is 523 g/mol. The number of hydrogen-bond donors (Lipinski definition) is 1. The minimum Gasteiger partial charge on any atom is -0.350 e. The molecule has 1 atom stereocenters. The van der Waals surface area contributed by atoms with E-state index in [-0.39, 0.29) is 17.3 Å². The van der Waals surface area contributed by atoms with Gasteiger partial charge in [0.05, 0.1) is 11.4 Å². The molecule has 8 heteroatoms. The van der Waals surface area contributed by atoms with E-state index in [1.54, 1.807) is 18.2 Å². The van der Waals surface area contributed by atoms with Crippen molar-refractivity contribution in [3.8, 4) is 0 Å². The van der Waals surface area contributed by atoms with Crippen LogP contribution in [0.4, 0.5) is 0 Å². The zero-order valence-electron chi connectivity index (χ0n) is 22.3. The average molecular weight is 524 g/mol. The summed E-state index contributed by atoms with van der Waals surface area (Å²) < 4.78 is 27.8. The Morgan fingerprint density at radius 1 is 0.919 bits per heavy atom. The van der Waals surface area contributed by atoms with Crippen molar-refractivity contribution in [2.24, 2.45) is 0 Å². The first-order valence-electron chi connectivity index (χ1n) is 12.5. The first kappa shape index (κ1) is 28.3. The van der Waals surface area contributed by atoms with Crippen LogP contribution in [0.2, 0.25) is 0 Å². The second-order valence-corrected chi connectivity index (χ2v) is 12.3. The predicted molar refractivity (Wildman–Crippen MR) is 148 cm³/mol. The van der Waals surface area contributed by atoms with E-state index in [9.17, 15) is 18.0 Å². The highest BCUT2D eigenvalue weighted by molar-refractivity contribution is 7.89. The molecule has 3 aromatic carbocycles. The number of amides is 2. The normalized spacial score (nSPS) is 12.9. The zero-order valence-corrected chi connectivity index (χ0v) is 23.1. The van der Waals surface area contributed by atoms with E-state index >= 15 is 0 Å². The summed E-state index contributed by atoms with van der Waals surface area (Å²) in [6.07, 6.45) is 0.955. The lowest BCUT2D eigenvalue weighted by atomic mass is 10.1. The van der Waals surface area contributed by atoms with Crippen LogP contribution in [0.15, 0.2) is 77.7 Å². The summed E-state index contributed by atoms with van der Waals surface area (Å²) in [6, 6.07) is 21.4. The highest BCUT2D eigenvalue weighted by atomic mass is 32.2. The Hall–Kier alpha value is -3.23. The Labute approximate surface area is 220 Å². The molecule has 3 rings (SSSR count). The highest BCUT2D eigenvalue weighted by Crippen LogP contribution is 2.22. The van der Waals surface area contributed by atoms with Crippen LogP contribution in [0.3, 0.4) is 0 Å². The molecule has 0 heterocycles. The van der Waals surface area contributed by atoms with Crippen molar-refractivity contribution in [2.45, 2.75) is 57.0 Å². The van der Waals surface area contributed by atoms with Gasteiger partial charge in [0.25, 0.3) is 0 Å². The number of carbonyl (C=O) groups excluding carboxylic acids is 2. The van der Waals surface area contributed by atoms with E-state index in [2.05, 4.69) is 5.32 Å². The van der Waals surface area contributed by atoms with Gasteiger partial charge in [-0.2, -0.15) is 4.31 Å². The molecule has 0 aliphatic rings. The molecular weight excluding hydrogens is 486 g/mol. The van der Waals surface area contributed by atoms with Crippen molar-refractivity contribution < 1.29 is 18.0 Å². The third-order valence-electron chi connectivity index (χ3n) is 6.16. The third kappa shape index (κ3) is 7.40. The van der Waals surface area contributed by atoms with Crippen molar-refractivity contribution in [1.82, 2.24) is 14.5 Å². The fraction of sp³-hybridized carbons (Fsp3) is 0.379. The summed E-state index contributed by atoms with van der Waals surface area (Å²) in [5, 5.41) is 4.70. The number of sulfonamides is 1. The van der Waals surface area contributed by atoms with Crippen molar-refractivity contribution in [3.05, 3.63) is 78.4 Å². The molecule has 0 aliphatic carbocycles. The van der Waals surface area contributed by atoms with E-state index in [4.69, 9.17) is 0 Å². The Morgan fingerprint density at radius 2 is 1.54 bits per heavy atom. The summed E-state index contributed by atoms with van der Waals surface area (Å²) in [5.74, 6) is -0.671. The van der Waals surface area contributed by atoms with Crippen molar-refractivity contribution in [2.75, 3.05) is 20.1 Å². The average Bonchev–Trinajstić information content (AvgIpc) is 2.85. The van der Waals surface area contributed by atoms with Crippen molar-refractivity contribution in [1.29, 1.82) is 0 Å². The van der Waals surface area contributed by atoms with E-state index < -0.39 is 27.5 Å². The molecule has 0 fully saturated rings. The molecule has 0 aliphatic heterocycles. The lowest BCUT2D eigenvalue weighted by molar-refractivity contribution is -0.141. The van der Waals surface area contributed by atoms with Gasteiger partial charge in [0.15, 0.2) is 0 Å². The first-order chi connectivity index (χ1) is 17.4. The number of benzene rings is 3. The van der Waals surface area contributed by atoms with Crippen LogP contribution in [-0.2, 0) is 26.0 Å². The van der Waals surface area contributed by atoms with Gasteiger partial charge in [0, 0.05) is 19.1 Å². The van der Waals surface area contributed by atoms with Gasteiger partial charge in [0.2, 0.25) is 21.8 Å². The van der Waals surface area contributed by atoms with Crippen molar-refractivity contribution >= 4 is 32.6 Å². The first-order valence-corrected chi connectivity index (χ1v) is 14.0. The van der Waals surface area contributed by atoms with E-state index in [1.165, 1.54) is 11.9 Å². The summed E-state index contributed by atoms with van der Waals surface area (Å²) in [7, 11) is -2.53. The standard InChI is InChI=1S/C29H37N3O4S/c1-6-26(28(34)30-29(2,3)4)32(19-18-22-12-8-7-9-13-22)27(33)21-31(5)37(35,36)25-17-16-23-14-10-11-15-24(23)20-25/h7-17,20,26H,6,18-19,21H2,1-5H3,(H,30,34)/t26-/m1/s1. The number of carbonyl (C=O) groups is 2. The lowest BCUT2D eigenvalue weighted by Gasteiger charge is -2.34. The second kappa shape index (κ2) is 11.9. The second-order valence-electron chi connectivity index (χ2n) is 10.3. The third-order valence-corrected chi connectivity index (χ3v) is 7.95. The number of nitrogens with zero attached hydrogens (tertiary/aromatic N) is 2. The molecule has 0 radical (unpaired) electrons. The van der Waals surface area contributed by atoms with Crippen molar-refractivity contribution in [3.63, 3.8) is 0 Å². The smallest absolute Gasteiger partial charge is 0.243 e. The predicted octanol–water partition coefficient (Wildman–Crippen LogP) is 4.22. The van der Waals surface area contributed by atoms with Gasteiger partial charge in [-0.3, -0.25) is 9.59 Å². The largest absolute Gasteiger partial charge is 0.350 e. The van der Waals surface area contributed by atoms with E-state index in [0.717, 1.165) is 20.6 Å². The molecule has 2 amide bonds. The summed E-state index contributed by atoms with van der Waals surface area (Å²) in [4.78, 5) is 28.3. The molecule has 0 aromatic heterocycles. The maximum absolute atomic E-state index is 13.6. The Morgan fingerprint density at radius 3 is 2.16 bits per heavy atom. The highest BCUT2D eigenvalue weighted by Gasteiger charge is 2.32. The van der Waals surface area contributed by atoms with Crippen LogP contribution in [0, 0.1) is 0 Å². The fourth-order valence-electron chi connectivity index (χ4n) is 4.22. The quantitative estimate of drug-likeness (QED) is 0.431. The SMILES string of the molecule is CC[C@H](C(=O)NC(C)(C)C)N(CCc1ccccc1)C(=O)CN(C)S(=O)(=O)c1ccc2ccccc2c1. The van der Waals surface area contributed by atoms with Gasteiger partial charge >= 0.3 is 0 Å². The molecule has 0 unspecified atom stereocenters. The van der Waals surface area contributed by atoms with Crippen LogP contribution in [-0.4, -0.2) is 61.2 Å². The number of likely N-dealkylation sites (N-methyl/N-ethyl adjacent to an activating group) is 1. The number of hydrogen-bond acceptors (Lipinski definition) is 4. The molecule has 0 bridgehead atoms. The van der Waals surface area contributed by atoms with Crippen LogP contribution >= 0.6 is 0 Å². The fourth-order valence-corrected chi connectivity index (χ4v) is 5.38. The Kier molecular flexibility index (Phi) is 9.10. The van der Waals surface area contributed by atoms with Crippen LogP contribution in [0.5, 0.6) is 0 Å². The van der Waals surface area contributed by atoms with Crippen LogP contribution in [0.1, 0.15) is 39.7 Å². The molecular formula is C29H37N3O4S. The van der Waals surface area contributed by atoms with Gasteiger partial charge in [0.1, 0.15) is 6.04 Å². The summed E-state index contributed by atoms with van der Waals surface area (Å²) in [5.41, 5.74) is 0.568. The zero-order chi connectivity index (χ0) is 27.2. The molecule has 0 saturated carbocycles. The molecule has 1 N–H and O–H groups in total. The molecule has 198 valence electrons. The number of fused-ring (bicyclic) bond motifs is 1. The Bertz CT molecular complexity index is 1330. The molecule has 3 aromatic rings. The summed E-state index contributed by atoms with van der Waals surface area (Å²) >= 11 is 0. The van der Waals surface area contributed by atoms with Crippen LogP contribution in [0.25, 0.3) is 10.8 Å². The van der Waals surface area contributed by atoms with Gasteiger partial charge in [-0.05, 0) is 62.1 Å². The summed E-state index contributed by atoms with van der Waals surface area (Å²) in [6.45, 7) is 7.43. The lowest BCUT2D eigenvalue weighted by Crippen LogP contribution is -2.55. The van der Waals surface area contributed by atoms with Gasteiger partial charge in [-0.15, -0.1) is 0 Å². The topological polar surface area (TPSA) is 86.8 Å². The molecule has 37 heavy (non-hydrogen) atoms. The van der Waals surface area contributed by atoms with Gasteiger partial charge < -0.3 is 10.2 Å². The van der Waals surface area contributed by atoms with Crippen LogP contribution < -0.4 is 5.32 Å².